The topological polar surface area (TPSA) is 9.72 Å². The van der Waals surface area contributed by atoms with Gasteiger partial charge in [-0.15, -0.1) is 0 Å². The highest BCUT2D eigenvalue weighted by Crippen LogP contribution is 2.24. The van der Waals surface area contributed by atoms with Gasteiger partial charge in [-0.25, -0.2) is 0 Å². The monoisotopic (exact) mass is 233 g/mol. The van der Waals surface area contributed by atoms with Crippen LogP contribution >= 0.6 is 0 Å². The summed E-state index contributed by atoms with van der Waals surface area (Å²) in [5, 5.41) is 0. The van der Waals surface area contributed by atoms with Crippen molar-refractivity contribution in [2.75, 3.05) is 46.3 Å². The molecule has 1 aliphatic carbocycles. The predicted molar refractivity (Wildman–Crippen MR) is 70.9 cm³/mol. The van der Waals surface area contributed by atoms with Crippen LogP contribution in [0.1, 0.15) is 12.8 Å². The maximum atomic E-state index is 2.67. The van der Waals surface area contributed by atoms with E-state index in [1.807, 2.05) is 0 Å². The smallest absolute Gasteiger partial charge is 0.0447 e. The fraction of sp³-hybridized carbons (Fsp3) is 0.714. The minimum atomic E-state index is 0.805. The first-order chi connectivity index (χ1) is 8.33. The number of piperazine rings is 1. The summed E-state index contributed by atoms with van der Waals surface area (Å²) < 4.78 is 0. The van der Waals surface area contributed by atoms with Crippen LogP contribution in [0.25, 0.3) is 0 Å². The average Bonchev–Trinajstić information content (AvgIpc) is 2.31. The highest BCUT2D eigenvalue weighted by Gasteiger charge is 2.33. The SMILES string of the molecule is CN1CCN(C2CN(C3=CCCC=C3)C2)CC1. The van der Waals surface area contributed by atoms with Crippen LogP contribution < -0.4 is 0 Å². The summed E-state index contributed by atoms with van der Waals surface area (Å²) in [5.74, 6) is 0. The second kappa shape index (κ2) is 4.83. The lowest BCUT2D eigenvalue weighted by Crippen LogP contribution is -2.62. The summed E-state index contributed by atoms with van der Waals surface area (Å²) in [5.41, 5.74) is 1.46. The zero-order chi connectivity index (χ0) is 11.7. The molecule has 0 unspecified atom stereocenters. The molecule has 17 heavy (non-hydrogen) atoms. The lowest BCUT2D eigenvalue weighted by atomic mass is 10.0. The Hall–Kier alpha value is -0.800. The van der Waals surface area contributed by atoms with E-state index < -0.39 is 0 Å². The molecule has 0 amide bonds. The van der Waals surface area contributed by atoms with Crippen LogP contribution in [-0.2, 0) is 0 Å². The first-order valence-corrected chi connectivity index (χ1v) is 6.87. The molecule has 3 aliphatic rings. The van der Waals surface area contributed by atoms with Crippen LogP contribution in [0.5, 0.6) is 0 Å². The van der Waals surface area contributed by atoms with Gasteiger partial charge in [0, 0.05) is 51.0 Å². The zero-order valence-corrected chi connectivity index (χ0v) is 10.8. The van der Waals surface area contributed by atoms with Gasteiger partial charge < -0.3 is 9.80 Å². The maximum Gasteiger partial charge on any atom is 0.0447 e. The van der Waals surface area contributed by atoms with Crippen LogP contribution in [0, 0.1) is 0 Å². The van der Waals surface area contributed by atoms with Gasteiger partial charge in [0.25, 0.3) is 0 Å². The third-order valence-corrected chi connectivity index (χ3v) is 4.26. The van der Waals surface area contributed by atoms with Gasteiger partial charge >= 0.3 is 0 Å². The highest BCUT2D eigenvalue weighted by atomic mass is 15.3. The van der Waals surface area contributed by atoms with E-state index in [9.17, 15) is 0 Å². The first kappa shape index (κ1) is 11.3. The molecule has 0 aromatic carbocycles. The summed E-state index contributed by atoms with van der Waals surface area (Å²) in [4.78, 5) is 7.63. The Morgan fingerprint density at radius 2 is 1.82 bits per heavy atom. The molecular weight excluding hydrogens is 210 g/mol. The molecule has 0 atom stereocenters. The Kier molecular flexibility index (Phi) is 3.21. The molecule has 0 bridgehead atoms. The number of nitrogens with zero attached hydrogens (tertiary/aromatic N) is 3. The van der Waals surface area contributed by atoms with Crippen molar-refractivity contribution in [1.29, 1.82) is 0 Å². The van der Waals surface area contributed by atoms with Crippen molar-refractivity contribution in [3.8, 4) is 0 Å². The van der Waals surface area contributed by atoms with Crippen LogP contribution in [0.15, 0.2) is 23.9 Å². The summed E-state index contributed by atoms with van der Waals surface area (Å²) >= 11 is 0. The van der Waals surface area contributed by atoms with Gasteiger partial charge in [0.05, 0.1) is 0 Å². The molecule has 0 spiro atoms. The summed E-state index contributed by atoms with van der Waals surface area (Å²) in [7, 11) is 2.22. The third kappa shape index (κ3) is 2.40. The number of likely N-dealkylation sites (tertiary alicyclic amines) is 1. The van der Waals surface area contributed by atoms with E-state index in [4.69, 9.17) is 0 Å². The van der Waals surface area contributed by atoms with Crippen molar-refractivity contribution >= 4 is 0 Å². The van der Waals surface area contributed by atoms with Crippen molar-refractivity contribution in [2.24, 2.45) is 0 Å². The molecule has 0 saturated carbocycles. The Balaban J connectivity index is 1.48. The molecule has 0 radical (unpaired) electrons. The van der Waals surface area contributed by atoms with E-state index in [0.29, 0.717) is 0 Å². The second-order valence-electron chi connectivity index (χ2n) is 5.51. The molecule has 2 heterocycles. The summed E-state index contributed by atoms with van der Waals surface area (Å²) in [6, 6.07) is 0.805. The number of rotatable bonds is 2. The van der Waals surface area contributed by atoms with Gasteiger partial charge in [-0.3, -0.25) is 4.90 Å². The molecule has 0 aromatic rings. The van der Waals surface area contributed by atoms with Crippen LogP contribution in [-0.4, -0.2) is 67.1 Å². The number of hydrogen-bond acceptors (Lipinski definition) is 3. The van der Waals surface area contributed by atoms with E-state index in [2.05, 4.69) is 40.0 Å². The number of allylic oxidation sites excluding steroid dienone is 3. The van der Waals surface area contributed by atoms with Gasteiger partial charge in [-0.1, -0.05) is 12.2 Å². The van der Waals surface area contributed by atoms with Gasteiger partial charge in [-0.2, -0.15) is 0 Å². The quantitative estimate of drug-likeness (QED) is 0.708. The fourth-order valence-electron chi connectivity index (χ4n) is 2.92. The standard InChI is InChI=1S/C14H23N3/c1-15-7-9-16(10-8-15)14-11-17(12-14)13-5-3-2-4-6-13/h3,5-6,14H,2,4,7-12H2,1H3. The largest absolute Gasteiger partial charge is 0.369 e. The van der Waals surface area contributed by atoms with Crippen LogP contribution in [0.4, 0.5) is 0 Å². The Morgan fingerprint density at radius 1 is 1.06 bits per heavy atom. The van der Waals surface area contributed by atoms with Crippen molar-refractivity contribution in [3.63, 3.8) is 0 Å². The molecule has 0 aromatic heterocycles. The maximum absolute atomic E-state index is 2.67. The zero-order valence-electron chi connectivity index (χ0n) is 10.8. The molecule has 2 fully saturated rings. The normalized spacial score (nSPS) is 28.1. The second-order valence-corrected chi connectivity index (χ2v) is 5.51. The molecular formula is C14H23N3. The lowest BCUT2D eigenvalue weighted by molar-refractivity contribution is 0.0287. The van der Waals surface area contributed by atoms with Crippen LogP contribution in [0.2, 0.25) is 0 Å². The molecule has 3 nitrogen and oxygen atoms in total. The Morgan fingerprint density at radius 3 is 2.47 bits per heavy atom. The van der Waals surface area contributed by atoms with Gasteiger partial charge in [-0.05, 0) is 26.0 Å². The van der Waals surface area contributed by atoms with E-state index in [1.54, 1.807) is 0 Å². The Bertz CT molecular complexity index is 320. The van der Waals surface area contributed by atoms with Crippen molar-refractivity contribution in [2.45, 2.75) is 18.9 Å². The van der Waals surface area contributed by atoms with Gasteiger partial charge in [0.1, 0.15) is 0 Å². The number of hydrogen-bond donors (Lipinski definition) is 0. The Labute approximate surface area is 104 Å². The van der Waals surface area contributed by atoms with Crippen molar-refractivity contribution in [3.05, 3.63) is 23.9 Å². The molecule has 2 saturated heterocycles. The van der Waals surface area contributed by atoms with Crippen LogP contribution in [0.3, 0.4) is 0 Å². The average molecular weight is 233 g/mol. The number of likely N-dealkylation sites (N-methyl/N-ethyl adjacent to an activating group) is 1. The van der Waals surface area contributed by atoms with E-state index in [-0.39, 0.29) is 0 Å². The van der Waals surface area contributed by atoms with E-state index >= 15 is 0 Å². The minimum absolute atomic E-state index is 0.805. The fourth-order valence-corrected chi connectivity index (χ4v) is 2.92. The first-order valence-electron chi connectivity index (χ1n) is 6.87. The lowest BCUT2D eigenvalue weighted by Gasteiger charge is -2.49. The molecule has 3 heteroatoms. The third-order valence-electron chi connectivity index (χ3n) is 4.26. The van der Waals surface area contributed by atoms with Crippen molar-refractivity contribution in [1.82, 2.24) is 14.7 Å². The highest BCUT2D eigenvalue weighted by molar-refractivity contribution is 5.23. The van der Waals surface area contributed by atoms with E-state index in [0.717, 1.165) is 6.04 Å². The summed E-state index contributed by atoms with van der Waals surface area (Å²) in [6.07, 6.45) is 9.43. The van der Waals surface area contributed by atoms with E-state index in [1.165, 1.54) is 57.8 Å². The molecule has 3 rings (SSSR count). The molecule has 0 N–H and O–H groups in total. The predicted octanol–water partition coefficient (Wildman–Crippen LogP) is 1.15. The van der Waals surface area contributed by atoms with Gasteiger partial charge in [0.15, 0.2) is 0 Å². The van der Waals surface area contributed by atoms with Crippen molar-refractivity contribution < 1.29 is 0 Å². The summed E-state index contributed by atoms with van der Waals surface area (Å²) in [6.45, 7) is 7.45. The molecule has 2 aliphatic heterocycles. The minimum Gasteiger partial charge on any atom is -0.369 e. The van der Waals surface area contributed by atoms with Gasteiger partial charge in [0.2, 0.25) is 0 Å². The molecule has 94 valence electrons.